The third-order valence-corrected chi connectivity index (χ3v) is 3.34. The SMILES string of the molecule is CCCCCCCC[N+](C)([O-])C[C@H](O)C[C@@H](O)CO. The lowest BCUT2D eigenvalue weighted by atomic mass is 10.1. The Bertz CT molecular complexity index is 212. The lowest BCUT2D eigenvalue weighted by Gasteiger charge is -2.40. The molecule has 1 unspecified atom stereocenters. The van der Waals surface area contributed by atoms with Crippen molar-refractivity contribution in [3.05, 3.63) is 5.21 Å². The van der Waals surface area contributed by atoms with E-state index in [-0.39, 0.29) is 19.6 Å². The van der Waals surface area contributed by atoms with Crippen LogP contribution in [0.15, 0.2) is 0 Å². The first-order valence-electron chi connectivity index (χ1n) is 7.43. The van der Waals surface area contributed by atoms with Crippen LogP contribution in [0.3, 0.4) is 0 Å². The number of aliphatic hydroxyl groups is 3. The third-order valence-electron chi connectivity index (χ3n) is 3.34. The molecule has 0 saturated heterocycles. The van der Waals surface area contributed by atoms with E-state index < -0.39 is 16.9 Å². The van der Waals surface area contributed by atoms with Gasteiger partial charge in [0.25, 0.3) is 0 Å². The molecule has 5 heteroatoms. The molecule has 19 heavy (non-hydrogen) atoms. The lowest BCUT2D eigenvalue weighted by molar-refractivity contribution is -0.864. The van der Waals surface area contributed by atoms with E-state index in [0.29, 0.717) is 6.54 Å². The summed E-state index contributed by atoms with van der Waals surface area (Å²) in [5, 5.41) is 39.7. The fourth-order valence-electron chi connectivity index (χ4n) is 2.23. The molecule has 0 spiro atoms. The summed E-state index contributed by atoms with van der Waals surface area (Å²) < 4.78 is -0.479. The van der Waals surface area contributed by atoms with Crippen LogP contribution in [-0.2, 0) is 0 Å². The second-order valence-corrected chi connectivity index (χ2v) is 5.70. The molecule has 5 nitrogen and oxygen atoms in total. The second kappa shape index (κ2) is 10.6. The standard InChI is InChI=1S/C14H31NO4/c1-3-4-5-6-7-8-9-15(2,19)11-13(17)10-14(18)12-16/h13-14,16-18H,3-12H2,1-2H3/t13-,14-,15?/m1/s1. The van der Waals surface area contributed by atoms with Gasteiger partial charge in [-0.05, 0) is 12.8 Å². The highest BCUT2D eigenvalue weighted by molar-refractivity contribution is 4.62. The fraction of sp³-hybridized carbons (Fsp3) is 1.00. The zero-order chi connectivity index (χ0) is 14.7. The van der Waals surface area contributed by atoms with Gasteiger partial charge in [0.15, 0.2) is 0 Å². The molecule has 116 valence electrons. The van der Waals surface area contributed by atoms with Crippen molar-refractivity contribution in [3.63, 3.8) is 0 Å². The summed E-state index contributed by atoms with van der Waals surface area (Å²) >= 11 is 0. The molecule has 0 amide bonds. The summed E-state index contributed by atoms with van der Waals surface area (Å²) in [7, 11) is 1.56. The third kappa shape index (κ3) is 11.3. The van der Waals surface area contributed by atoms with Crippen molar-refractivity contribution in [2.24, 2.45) is 0 Å². The van der Waals surface area contributed by atoms with E-state index >= 15 is 0 Å². The van der Waals surface area contributed by atoms with Crippen LogP contribution in [0.25, 0.3) is 0 Å². The van der Waals surface area contributed by atoms with Crippen molar-refractivity contribution < 1.29 is 20.0 Å². The maximum Gasteiger partial charge on any atom is 0.106 e. The molecular weight excluding hydrogens is 246 g/mol. The number of hydrogen-bond donors (Lipinski definition) is 3. The number of hydrogen-bond acceptors (Lipinski definition) is 4. The molecule has 0 heterocycles. The van der Waals surface area contributed by atoms with Gasteiger partial charge in [-0.15, -0.1) is 0 Å². The molecule has 0 aromatic carbocycles. The topological polar surface area (TPSA) is 83.8 Å². The number of likely N-dealkylation sites (N-methyl/N-ethyl adjacent to an activating group) is 1. The minimum Gasteiger partial charge on any atom is -0.633 e. The predicted molar refractivity (Wildman–Crippen MR) is 76.4 cm³/mol. The van der Waals surface area contributed by atoms with Gasteiger partial charge in [0.05, 0.1) is 26.3 Å². The molecule has 0 aromatic rings. The first-order valence-corrected chi connectivity index (χ1v) is 7.43. The molecule has 0 bridgehead atoms. The van der Waals surface area contributed by atoms with Gasteiger partial charge in [0.2, 0.25) is 0 Å². The molecular formula is C14H31NO4. The Morgan fingerprint density at radius 1 is 1.00 bits per heavy atom. The zero-order valence-corrected chi connectivity index (χ0v) is 12.4. The highest BCUT2D eigenvalue weighted by Crippen LogP contribution is 2.11. The van der Waals surface area contributed by atoms with E-state index in [1.165, 1.54) is 25.7 Å². The van der Waals surface area contributed by atoms with Crippen LogP contribution in [-0.4, -0.2) is 58.9 Å². The van der Waals surface area contributed by atoms with E-state index in [2.05, 4.69) is 6.92 Å². The van der Waals surface area contributed by atoms with Crippen molar-refractivity contribution in [1.82, 2.24) is 0 Å². The Labute approximate surface area is 117 Å². The Morgan fingerprint density at radius 3 is 2.16 bits per heavy atom. The van der Waals surface area contributed by atoms with E-state index in [4.69, 9.17) is 5.11 Å². The molecule has 0 aliphatic rings. The van der Waals surface area contributed by atoms with E-state index in [1.54, 1.807) is 7.05 Å². The number of nitrogens with zero attached hydrogens (tertiary/aromatic N) is 1. The largest absolute Gasteiger partial charge is 0.633 e. The summed E-state index contributed by atoms with van der Waals surface area (Å²) in [6, 6.07) is 0. The van der Waals surface area contributed by atoms with Crippen LogP contribution in [0.1, 0.15) is 51.9 Å². The fourth-order valence-corrected chi connectivity index (χ4v) is 2.23. The van der Waals surface area contributed by atoms with E-state index in [1.807, 2.05) is 0 Å². The Hall–Kier alpha value is -0.200. The smallest absolute Gasteiger partial charge is 0.106 e. The summed E-state index contributed by atoms with van der Waals surface area (Å²) in [4.78, 5) is 0. The van der Waals surface area contributed by atoms with Gasteiger partial charge in [-0.2, -0.15) is 0 Å². The Morgan fingerprint density at radius 2 is 1.58 bits per heavy atom. The molecule has 3 atom stereocenters. The first-order chi connectivity index (χ1) is 8.91. The van der Waals surface area contributed by atoms with Gasteiger partial charge < -0.3 is 25.2 Å². The van der Waals surface area contributed by atoms with Crippen LogP contribution < -0.4 is 0 Å². The lowest BCUT2D eigenvalue weighted by Crippen LogP contribution is -2.45. The summed E-state index contributed by atoms with van der Waals surface area (Å²) in [6.07, 6.45) is 5.06. The van der Waals surface area contributed by atoms with Crippen molar-refractivity contribution in [2.45, 2.75) is 64.1 Å². The Balaban J connectivity index is 3.72. The van der Waals surface area contributed by atoms with Crippen LogP contribution in [0.2, 0.25) is 0 Å². The molecule has 0 fully saturated rings. The number of aliphatic hydroxyl groups excluding tert-OH is 3. The average molecular weight is 277 g/mol. The van der Waals surface area contributed by atoms with Crippen molar-refractivity contribution in [3.8, 4) is 0 Å². The highest BCUT2D eigenvalue weighted by atomic mass is 16.5. The van der Waals surface area contributed by atoms with E-state index in [9.17, 15) is 15.4 Å². The molecule has 0 rings (SSSR count). The van der Waals surface area contributed by atoms with Gasteiger partial charge in [0.1, 0.15) is 12.6 Å². The Kier molecular flexibility index (Phi) is 10.5. The highest BCUT2D eigenvalue weighted by Gasteiger charge is 2.19. The number of rotatable bonds is 12. The van der Waals surface area contributed by atoms with Crippen LogP contribution in [0.5, 0.6) is 0 Å². The number of unbranched alkanes of at least 4 members (excludes halogenated alkanes) is 5. The average Bonchev–Trinajstić information content (AvgIpc) is 2.32. The quantitative estimate of drug-likeness (QED) is 0.286. The minimum atomic E-state index is -0.941. The van der Waals surface area contributed by atoms with Crippen molar-refractivity contribution in [1.29, 1.82) is 0 Å². The molecule has 3 N–H and O–H groups in total. The normalized spacial score (nSPS) is 18.0. The monoisotopic (exact) mass is 277 g/mol. The van der Waals surface area contributed by atoms with Crippen LogP contribution in [0, 0.1) is 5.21 Å². The second-order valence-electron chi connectivity index (χ2n) is 5.70. The van der Waals surface area contributed by atoms with Crippen molar-refractivity contribution in [2.75, 3.05) is 26.7 Å². The van der Waals surface area contributed by atoms with Gasteiger partial charge in [0, 0.05) is 6.42 Å². The van der Waals surface area contributed by atoms with Gasteiger partial charge >= 0.3 is 0 Å². The predicted octanol–water partition coefficient (Wildman–Crippen LogP) is 1.40. The maximum atomic E-state index is 12.1. The van der Waals surface area contributed by atoms with Crippen LogP contribution in [0.4, 0.5) is 0 Å². The van der Waals surface area contributed by atoms with Gasteiger partial charge in [-0.3, -0.25) is 0 Å². The molecule has 0 aliphatic carbocycles. The number of hydroxylamine groups is 3. The van der Waals surface area contributed by atoms with Crippen molar-refractivity contribution >= 4 is 0 Å². The number of quaternary nitrogens is 1. The van der Waals surface area contributed by atoms with Crippen LogP contribution >= 0.6 is 0 Å². The molecule has 0 radical (unpaired) electrons. The van der Waals surface area contributed by atoms with Gasteiger partial charge in [-0.25, -0.2) is 0 Å². The molecule has 0 aromatic heterocycles. The molecule has 0 aliphatic heterocycles. The summed E-state index contributed by atoms with van der Waals surface area (Å²) in [5.41, 5.74) is 0. The maximum absolute atomic E-state index is 12.1. The summed E-state index contributed by atoms with van der Waals surface area (Å²) in [6.45, 7) is 2.37. The first kappa shape index (κ1) is 18.8. The van der Waals surface area contributed by atoms with E-state index in [0.717, 1.165) is 12.8 Å². The summed E-state index contributed by atoms with van der Waals surface area (Å²) in [5.74, 6) is 0. The minimum absolute atomic E-state index is 0.0586. The zero-order valence-electron chi connectivity index (χ0n) is 12.4. The molecule has 0 saturated carbocycles. The van der Waals surface area contributed by atoms with Gasteiger partial charge in [-0.1, -0.05) is 32.6 Å².